The summed E-state index contributed by atoms with van der Waals surface area (Å²) in [5.74, 6) is 1.60. The lowest BCUT2D eigenvalue weighted by Gasteiger charge is -2.06. The van der Waals surface area contributed by atoms with Crippen LogP contribution in [0.4, 0.5) is 0 Å². The Labute approximate surface area is 116 Å². The number of benzene rings is 2. The second-order valence-electron chi connectivity index (χ2n) is 4.36. The van der Waals surface area contributed by atoms with Crippen molar-refractivity contribution in [1.29, 1.82) is 0 Å². The van der Waals surface area contributed by atoms with Gasteiger partial charge in [-0.05, 0) is 42.8 Å². The molecule has 3 nitrogen and oxygen atoms in total. The van der Waals surface area contributed by atoms with Gasteiger partial charge in [0.25, 0.3) is 0 Å². The predicted octanol–water partition coefficient (Wildman–Crippen LogP) is 3.62. The van der Waals surface area contributed by atoms with Crippen molar-refractivity contribution in [2.45, 2.75) is 22.8 Å². The number of fused-ring (bicyclic) bond motifs is 1. The first kappa shape index (κ1) is 12.4. The average molecular weight is 274 g/mol. The minimum atomic E-state index is -0.426. The molecule has 0 aromatic heterocycles. The number of hydrogen-bond acceptors (Lipinski definition) is 4. The van der Waals surface area contributed by atoms with Crippen LogP contribution in [0, 0.1) is 0 Å². The Morgan fingerprint density at radius 1 is 1.00 bits per heavy atom. The normalized spacial score (nSPS) is 14.4. The molecule has 0 radical (unpaired) electrons. The number of ether oxygens (including phenoxy) is 2. The molecule has 0 fully saturated rings. The van der Waals surface area contributed by atoms with Crippen molar-refractivity contribution in [2.24, 2.45) is 0 Å². The monoisotopic (exact) mass is 274 g/mol. The summed E-state index contributed by atoms with van der Waals surface area (Å²) in [7, 11) is 0. The summed E-state index contributed by atoms with van der Waals surface area (Å²) in [5, 5.41) is 9.47. The molecule has 0 aliphatic carbocycles. The van der Waals surface area contributed by atoms with Gasteiger partial charge >= 0.3 is 0 Å². The van der Waals surface area contributed by atoms with Crippen LogP contribution in [0.1, 0.15) is 18.6 Å². The minimum Gasteiger partial charge on any atom is -0.454 e. The van der Waals surface area contributed by atoms with Crippen LogP contribution < -0.4 is 9.47 Å². The van der Waals surface area contributed by atoms with Crippen LogP contribution in [0.2, 0.25) is 0 Å². The molecule has 98 valence electrons. The molecule has 1 N–H and O–H groups in total. The molecule has 0 unspecified atom stereocenters. The third-order valence-electron chi connectivity index (χ3n) is 2.94. The third kappa shape index (κ3) is 2.69. The highest BCUT2D eigenvalue weighted by Crippen LogP contribution is 2.37. The largest absolute Gasteiger partial charge is 0.454 e. The predicted molar refractivity (Wildman–Crippen MR) is 73.8 cm³/mol. The van der Waals surface area contributed by atoms with E-state index in [0.29, 0.717) is 6.79 Å². The van der Waals surface area contributed by atoms with Gasteiger partial charge < -0.3 is 14.6 Å². The van der Waals surface area contributed by atoms with Gasteiger partial charge in [-0.1, -0.05) is 23.9 Å². The Morgan fingerprint density at radius 3 is 2.42 bits per heavy atom. The molecule has 2 aromatic rings. The van der Waals surface area contributed by atoms with Crippen LogP contribution in [0.3, 0.4) is 0 Å². The van der Waals surface area contributed by atoms with Crippen LogP contribution in [0.25, 0.3) is 0 Å². The van der Waals surface area contributed by atoms with E-state index in [1.165, 1.54) is 0 Å². The smallest absolute Gasteiger partial charge is 0.231 e. The van der Waals surface area contributed by atoms with E-state index in [1.54, 1.807) is 18.7 Å². The molecule has 0 spiro atoms. The molecule has 1 aliphatic rings. The van der Waals surface area contributed by atoms with Gasteiger partial charge in [0.15, 0.2) is 11.5 Å². The molecule has 1 heterocycles. The molecule has 0 saturated heterocycles. The lowest BCUT2D eigenvalue weighted by Crippen LogP contribution is -1.92. The van der Waals surface area contributed by atoms with Gasteiger partial charge in [-0.15, -0.1) is 0 Å². The van der Waals surface area contributed by atoms with Crippen molar-refractivity contribution in [3.63, 3.8) is 0 Å². The second-order valence-corrected chi connectivity index (χ2v) is 5.51. The van der Waals surface area contributed by atoms with Gasteiger partial charge in [-0.3, -0.25) is 0 Å². The molecule has 0 bridgehead atoms. The van der Waals surface area contributed by atoms with E-state index < -0.39 is 6.10 Å². The third-order valence-corrected chi connectivity index (χ3v) is 3.94. The summed E-state index contributed by atoms with van der Waals surface area (Å²) >= 11 is 1.66. The number of aliphatic hydroxyl groups is 1. The zero-order chi connectivity index (χ0) is 13.2. The first-order chi connectivity index (χ1) is 9.22. The standard InChI is InChI=1S/C15H14O3S/c1-10(16)11-2-4-12(5-3-11)19-13-6-7-14-15(8-13)18-9-17-14/h2-8,10,16H,9H2,1H3/t10-/m1/s1. The first-order valence-electron chi connectivity index (χ1n) is 6.08. The van der Waals surface area contributed by atoms with Crippen LogP contribution in [0.5, 0.6) is 11.5 Å². The summed E-state index contributed by atoms with van der Waals surface area (Å²) in [6.07, 6.45) is -0.426. The maximum absolute atomic E-state index is 9.47. The Hall–Kier alpha value is -1.65. The Bertz CT molecular complexity index is 578. The van der Waals surface area contributed by atoms with Crippen molar-refractivity contribution >= 4 is 11.8 Å². The molecule has 0 amide bonds. The quantitative estimate of drug-likeness (QED) is 0.927. The van der Waals surface area contributed by atoms with Crippen molar-refractivity contribution < 1.29 is 14.6 Å². The van der Waals surface area contributed by atoms with Crippen LogP contribution >= 0.6 is 11.8 Å². The fraction of sp³-hybridized carbons (Fsp3) is 0.200. The molecular formula is C15H14O3S. The van der Waals surface area contributed by atoms with Crippen LogP contribution in [0.15, 0.2) is 52.3 Å². The van der Waals surface area contributed by atoms with Gasteiger partial charge in [-0.25, -0.2) is 0 Å². The zero-order valence-corrected chi connectivity index (χ0v) is 11.3. The van der Waals surface area contributed by atoms with E-state index >= 15 is 0 Å². The summed E-state index contributed by atoms with van der Waals surface area (Å²) in [5.41, 5.74) is 0.926. The summed E-state index contributed by atoms with van der Waals surface area (Å²) < 4.78 is 10.6. The Balaban J connectivity index is 1.77. The van der Waals surface area contributed by atoms with E-state index in [-0.39, 0.29) is 0 Å². The lowest BCUT2D eigenvalue weighted by atomic mass is 10.1. The van der Waals surface area contributed by atoms with Crippen LogP contribution in [-0.2, 0) is 0 Å². The van der Waals surface area contributed by atoms with E-state index in [9.17, 15) is 5.11 Å². The molecule has 2 aromatic carbocycles. The SMILES string of the molecule is C[C@@H](O)c1ccc(Sc2ccc3c(c2)OCO3)cc1. The fourth-order valence-electron chi connectivity index (χ4n) is 1.89. The summed E-state index contributed by atoms with van der Waals surface area (Å²) in [4.78, 5) is 2.23. The highest BCUT2D eigenvalue weighted by molar-refractivity contribution is 7.99. The summed E-state index contributed by atoms with van der Waals surface area (Å²) in [6, 6.07) is 13.8. The van der Waals surface area contributed by atoms with Crippen molar-refractivity contribution in [1.82, 2.24) is 0 Å². The number of aliphatic hydroxyl groups excluding tert-OH is 1. The molecule has 1 atom stereocenters. The number of hydrogen-bond donors (Lipinski definition) is 1. The minimum absolute atomic E-state index is 0.298. The van der Waals surface area contributed by atoms with Gasteiger partial charge in [0.2, 0.25) is 6.79 Å². The average Bonchev–Trinajstić information content (AvgIpc) is 2.87. The molecule has 1 aliphatic heterocycles. The lowest BCUT2D eigenvalue weighted by molar-refractivity contribution is 0.174. The first-order valence-corrected chi connectivity index (χ1v) is 6.89. The van der Waals surface area contributed by atoms with Gasteiger partial charge in [0, 0.05) is 9.79 Å². The Morgan fingerprint density at radius 2 is 1.68 bits per heavy atom. The highest BCUT2D eigenvalue weighted by Gasteiger charge is 2.13. The maximum atomic E-state index is 9.47. The topological polar surface area (TPSA) is 38.7 Å². The molecule has 4 heteroatoms. The van der Waals surface area contributed by atoms with E-state index in [4.69, 9.17) is 9.47 Å². The Kier molecular flexibility index (Phi) is 3.36. The van der Waals surface area contributed by atoms with Gasteiger partial charge in [-0.2, -0.15) is 0 Å². The van der Waals surface area contributed by atoms with Crippen molar-refractivity contribution in [2.75, 3.05) is 6.79 Å². The second kappa shape index (κ2) is 5.15. The molecular weight excluding hydrogens is 260 g/mol. The van der Waals surface area contributed by atoms with Crippen molar-refractivity contribution in [3.8, 4) is 11.5 Å². The van der Waals surface area contributed by atoms with E-state index in [2.05, 4.69) is 0 Å². The molecule has 3 rings (SSSR count). The van der Waals surface area contributed by atoms with Crippen LogP contribution in [-0.4, -0.2) is 11.9 Å². The van der Waals surface area contributed by atoms with E-state index in [1.807, 2.05) is 42.5 Å². The molecule has 19 heavy (non-hydrogen) atoms. The summed E-state index contributed by atoms with van der Waals surface area (Å²) in [6.45, 7) is 2.06. The van der Waals surface area contributed by atoms with E-state index in [0.717, 1.165) is 26.9 Å². The van der Waals surface area contributed by atoms with Gasteiger partial charge in [0.1, 0.15) is 0 Å². The maximum Gasteiger partial charge on any atom is 0.231 e. The fourth-order valence-corrected chi connectivity index (χ4v) is 2.74. The van der Waals surface area contributed by atoms with Crippen molar-refractivity contribution in [3.05, 3.63) is 48.0 Å². The zero-order valence-electron chi connectivity index (χ0n) is 10.5. The number of rotatable bonds is 3. The highest BCUT2D eigenvalue weighted by atomic mass is 32.2. The van der Waals surface area contributed by atoms with Gasteiger partial charge in [0.05, 0.1) is 6.10 Å². The molecule has 0 saturated carbocycles.